The van der Waals surface area contributed by atoms with E-state index < -0.39 is 39.3 Å². The SMILES string of the molecule is CS(=O)(=O)NC(=O)C1CC(c2c(-c3ccc(F)cc3)[nH]c3c(F)cc(F)cc23)C1. The van der Waals surface area contributed by atoms with Crippen LogP contribution in [0.15, 0.2) is 36.4 Å². The molecule has 1 aliphatic carbocycles. The first kappa shape index (κ1) is 19.5. The number of hydrogen-bond acceptors (Lipinski definition) is 3. The van der Waals surface area contributed by atoms with Gasteiger partial charge >= 0.3 is 0 Å². The van der Waals surface area contributed by atoms with E-state index in [1.807, 2.05) is 4.72 Å². The highest BCUT2D eigenvalue weighted by Crippen LogP contribution is 2.48. The van der Waals surface area contributed by atoms with Crippen LogP contribution in [0.3, 0.4) is 0 Å². The molecule has 0 atom stereocenters. The Bertz CT molecular complexity index is 1210. The van der Waals surface area contributed by atoms with E-state index in [1.54, 1.807) is 0 Å². The van der Waals surface area contributed by atoms with Gasteiger partial charge in [-0.05, 0) is 60.2 Å². The van der Waals surface area contributed by atoms with Gasteiger partial charge in [0.05, 0.1) is 17.5 Å². The fourth-order valence-electron chi connectivity index (χ4n) is 3.84. The largest absolute Gasteiger partial charge is 0.352 e. The van der Waals surface area contributed by atoms with Crippen LogP contribution in [0.1, 0.15) is 24.3 Å². The summed E-state index contributed by atoms with van der Waals surface area (Å²) in [4.78, 5) is 15.0. The molecule has 152 valence electrons. The molecule has 4 rings (SSSR count). The molecule has 1 aliphatic rings. The fraction of sp³-hybridized carbons (Fsp3) is 0.250. The zero-order chi connectivity index (χ0) is 20.9. The normalized spacial score (nSPS) is 19.2. The number of rotatable bonds is 4. The van der Waals surface area contributed by atoms with E-state index >= 15 is 0 Å². The van der Waals surface area contributed by atoms with Crippen LogP contribution < -0.4 is 4.72 Å². The highest BCUT2D eigenvalue weighted by atomic mass is 32.2. The van der Waals surface area contributed by atoms with Gasteiger partial charge in [0.2, 0.25) is 15.9 Å². The Morgan fingerprint density at radius 1 is 1.07 bits per heavy atom. The summed E-state index contributed by atoms with van der Waals surface area (Å²) in [7, 11) is -3.66. The van der Waals surface area contributed by atoms with E-state index in [0.29, 0.717) is 35.0 Å². The number of halogens is 3. The quantitative estimate of drug-likeness (QED) is 0.671. The van der Waals surface area contributed by atoms with Crippen molar-refractivity contribution in [3.8, 4) is 11.3 Å². The van der Waals surface area contributed by atoms with Gasteiger partial charge in [-0.1, -0.05) is 0 Å². The maximum absolute atomic E-state index is 14.3. The number of fused-ring (bicyclic) bond motifs is 1. The molecule has 9 heteroatoms. The third-order valence-corrected chi connectivity index (χ3v) is 5.77. The summed E-state index contributed by atoms with van der Waals surface area (Å²) in [5.41, 5.74) is 1.89. The highest BCUT2D eigenvalue weighted by molar-refractivity contribution is 7.89. The molecule has 1 saturated carbocycles. The van der Waals surface area contributed by atoms with Gasteiger partial charge in [0.25, 0.3) is 0 Å². The van der Waals surface area contributed by atoms with Gasteiger partial charge in [0.15, 0.2) is 0 Å². The number of benzene rings is 2. The lowest BCUT2D eigenvalue weighted by molar-refractivity contribution is -0.126. The minimum Gasteiger partial charge on any atom is -0.352 e. The number of H-pyrrole nitrogens is 1. The van der Waals surface area contributed by atoms with Gasteiger partial charge < -0.3 is 4.98 Å². The van der Waals surface area contributed by atoms with Crippen molar-refractivity contribution in [2.45, 2.75) is 18.8 Å². The molecule has 29 heavy (non-hydrogen) atoms. The van der Waals surface area contributed by atoms with E-state index in [2.05, 4.69) is 4.98 Å². The summed E-state index contributed by atoms with van der Waals surface area (Å²) in [6.07, 6.45) is 1.57. The van der Waals surface area contributed by atoms with Crippen LogP contribution in [-0.2, 0) is 14.8 Å². The average Bonchev–Trinajstić information content (AvgIpc) is 2.92. The van der Waals surface area contributed by atoms with Gasteiger partial charge in [-0.2, -0.15) is 0 Å². The lowest BCUT2D eigenvalue weighted by Gasteiger charge is -2.34. The van der Waals surface area contributed by atoms with Crippen molar-refractivity contribution in [2.24, 2.45) is 5.92 Å². The summed E-state index contributed by atoms with van der Waals surface area (Å²) in [5.74, 6) is -3.22. The summed E-state index contributed by atoms with van der Waals surface area (Å²) >= 11 is 0. The van der Waals surface area contributed by atoms with E-state index in [1.165, 1.54) is 30.3 Å². The summed E-state index contributed by atoms with van der Waals surface area (Å²) in [5, 5.41) is 0.355. The van der Waals surface area contributed by atoms with Crippen LogP contribution in [0.5, 0.6) is 0 Å². The van der Waals surface area contributed by atoms with Crippen molar-refractivity contribution >= 4 is 26.8 Å². The summed E-state index contributed by atoms with van der Waals surface area (Å²) in [6.45, 7) is 0. The average molecular weight is 422 g/mol. The number of nitrogens with one attached hydrogen (secondary N) is 2. The van der Waals surface area contributed by atoms with Crippen LogP contribution in [0.4, 0.5) is 13.2 Å². The Morgan fingerprint density at radius 3 is 2.34 bits per heavy atom. The molecule has 1 amide bonds. The molecule has 2 aromatic carbocycles. The van der Waals surface area contributed by atoms with Crippen molar-refractivity contribution in [3.05, 3.63) is 59.4 Å². The highest BCUT2D eigenvalue weighted by Gasteiger charge is 2.39. The van der Waals surface area contributed by atoms with Crippen LogP contribution in [0.2, 0.25) is 0 Å². The minimum absolute atomic E-state index is 0.129. The fourth-order valence-corrected chi connectivity index (χ4v) is 4.37. The Labute approximate surface area is 165 Å². The van der Waals surface area contributed by atoms with Crippen molar-refractivity contribution in [2.75, 3.05) is 6.26 Å². The number of hydrogen-bond donors (Lipinski definition) is 2. The van der Waals surface area contributed by atoms with Gasteiger partial charge in [-0.3, -0.25) is 9.52 Å². The molecule has 2 N–H and O–H groups in total. The molecule has 0 spiro atoms. The van der Waals surface area contributed by atoms with Crippen LogP contribution in [0.25, 0.3) is 22.2 Å². The first-order chi connectivity index (χ1) is 13.6. The zero-order valence-electron chi connectivity index (χ0n) is 15.3. The predicted octanol–water partition coefficient (Wildman–Crippen LogP) is 3.82. The van der Waals surface area contributed by atoms with Crippen LogP contribution in [0, 0.1) is 23.4 Å². The second-order valence-electron chi connectivity index (χ2n) is 7.33. The molecule has 1 fully saturated rings. The van der Waals surface area contributed by atoms with E-state index in [4.69, 9.17) is 0 Å². The molecule has 5 nitrogen and oxygen atoms in total. The van der Waals surface area contributed by atoms with Gasteiger partial charge in [0, 0.05) is 17.4 Å². The van der Waals surface area contributed by atoms with Gasteiger partial charge in [-0.25, -0.2) is 21.6 Å². The standard InChI is InChI=1S/C20H17F3N2O3S/c1-29(27,28)25-20(26)12-6-11(7-12)17-15-8-14(22)9-16(23)19(15)24-18(17)10-2-4-13(21)5-3-10/h2-5,8-9,11-12,24H,6-7H2,1H3,(H,25,26). The number of aromatic amines is 1. The van der Waals surface area contributed by atoms with Crippen molar-refractivity contribution in [1.29, 1.82) is 0 Å². The van der Waals surface area contributed by atoms with Crippen LogP contribution >= 0.6 is 0 Å². The molecule has 0 aliphatic heterocycles. The molecule has 0 bridgehead atoms. The molecule has 1 heterocycles. The zero-order valence-corrected chi connectivity index (χ0v) is 16.1. The Hall–Kier alpha value is -2.81. The smallest absolute Gasteiger partial charge is 0.236 e. The topological polar surface area (TPSA) is 79.0 Å². The van der Waals surface area contributed by atoms with Crippen molar-refractivity contribution in [1.82, 2.24) is 9.71 Å². The second kappa shape index (κ2) is 6.91. The van der Waals surface area contributed by atoms with Gasteiger partial charge in [0.1, 0.15) is 17.5 Å². The van der Waals surface area contributed by atoms with E-state index in [0.717, 1.165) is 12.3 Å². The first-order valence-corrected chi connectivity index (χ1v) is 10.8. The van der Waals surface area contributed by atoms with Crippen LogP contribution in [-0.4, -0.2) is 25.6 Å². The second-order valence-corrected chi connectivity index (χ2v) is 9.08. The number of sulfonamides is 1. The Kier molecular flexibility index (Phi) is 4.65. The van der Waals surface area contributed by atoms with Crippen molar-refractivity contribution in [3.63, 3.8) is 0 Å². The number of amides is 1. The monoisotopic (exact) mass is 422 g/mol. The third kappa shape index (κ3) is 3.74. The minimum atomic E-state index is -3.66. The molecular formula is C20H17F3N2O3S. The van der Waals surface area contributed by atoms with E-state index in [9.17, 15) is 26.4 Å². The van der Waals surface area contributed by atoms with Crippen molar-refractivity contribution < 1.29 is 26.4 Å². The maximum Gasteiger partial charge on any atom is 0.236 e. The van der Waals surface area contributed by atoms with E-state index in [-0.39, 0.29) is 11.4 Å². The number of aromatic nitrogens is 1. The number of carbonyl (C=O) groups excluding carboxylic acids is 1. The first-order valence-electron chi connectivity index (χ1n) is 8.90. The maximum atomic E-state index is 14.3. The Balaban J connectivity index is 1.74. The lowest BCUT2D eigenvalue weighted by Crippen LogP contribution is -2.40. The van der Waals surface area contributed by atoms with Gasteiger partial charge in [-0.15, -0.1) is 0 Å². The number of carbonyl (C=O) groups is 1. The summed E-state index contributed by atoms with van der Waals surface area (Å²) in [6, 6.07) is 7.60. The molecule has 3 aromatic rings. The third-order valence-electron chi connectivity index (χ3n) is 5.20. The molecule has 0 radical (unpaired) electrons. The predicted molar refractivity (Wildman–Crippen MR) is 102 cm³/mol. The summed E-state index contributed by atoms with van der Waals surface area (Å²) < 4.78 is 66.0. The molecule has 0 unspecified atom stereocenters. The Morgan fingerprint density at radius 2 is 1.72 bits per heavy atom. The molecular weight excluding hydrogens is 405 g/mol. The lowest BCUT2D eigenvalue weighted by atomic mass is 9.70. The molecule has 0 saturated heterocycles. The molecule has 1 aromatic heterocycles.